The monoisotopic (exact) mass is 363 g/mol. The third kappa shape index (κ3) is 8.15. The van der Waals surface area contributed by atoms with E-state index in [9.17, 15) is 9.13 Å². The summed E-state index contributed by atoms with van der Waals surface area (Å²) in [5.41, 5.74) is 0. The summed E-state index contributed by atoms with van der Waals surface area (Å²) in [6, 6.07) is 0. The van der Waals surface area contributed by atoms with Gasteiger partial charge >= 0.3 is 15.6 Å². The van der Waals surface area contributed by atoms with Crippen molar-refractivity contribution in [3.05, 3.63) is 0 Å². The van der Waals surface area contributed by atoms with Crippen molar-refractivity contribution >= 4 is 15.6 Å². The average Bonchev–Trinajstić information content (AvgIpc) is 2.38. The molecule has 0 unspecified atom stereocenters. The zero-order chi connectivity index (χ0) is 17.2. The Kier molecular flexibility index (Phi) is 11.0. The highest BCUT2D eigenvalue weighted by Crippen LogP contribution is 2.55. The Morgan fingerprint density at radius 1 is 0.727 bits per heavy atom. The minimum atomic E-state index is -3.85. The molecule has 0 N–H and O–H groups in total. The first-order chi connectivity index (χ1) is 10.3. The van der Waals surface area contributed by atoms with Gasteiger partial charge in [0.1, 0.15) is 0 Å². The number of hydrogen-bond donors (Lipinski definition) is 0. The van der Waals surface area contributed by atoms with Gasteiger partial charge in [-0.15, -0.1) is 0 Å². The van der Waals surface area contributed by atoms with Crippen LogP contribution in [0.15, 0.2) is 0 Å². The highest BCUT2D eigenvalue weighted by Gasteiger charge is 2.38. The molecule has 134 valence electrons. The van der Waals surface area contributed by atoms with E-state index in [-0.39, 0.29) is 26.4 Å². The van der Waals surface area contributed by atoms with Crippen molar-refractivity contribution in [3.63, 3.8) is 0 Å². The lowest BCUT2D eigenvalue weighted by Crippen LogP contribution is -2.32. The van der Waals surface area contributed by atoms with Gasteiger partial charge in [-0.3, -0.25) is 23.0 Å². The van der Waals surface area contributed by atoms with Gasteiger partial charge in [0.15, 0.2) is 0 Å². The summed E-state index contributed by atoms with van der Waals surface area (Å²) in [5, 5.41) is 0. The Morgan fingerprint density at radius 3 is 1.18 bits per heavy atom. The van der Waals surface area contributed by atoms with E-state index in [1.807, 2.05) is 0 Å². The lowest BCUT2D eigenvalue weighted by atomic mass is 10.9. The molecule has 0 aliphatic carbocycles. The van der Waals surface area contributed by atoms with Crippen LogP contribution in [-0.4, -0.2) is 51.8 Å². The highest BCUT2D eigenvalue weighted by molar-refractivity contribution is 7.49. The molecular weight excluding hydrogens is 336 g/mol. The maximum absolute atomic E-state index is 12.4. The Hall–Kier alpha value is 0.180. The van der Waals surface area contributed by atoms with E-state index in [1.165, 1.54) is 4.90 Å². The topological polar surface area (TPSA) is 92.8 Å². The molecule has 0 aromatic heterocycles. The molecule has 0 fully saturated rings. The summed E-state index contributed by atoms with van der Waals surface area (Å²) in [6.45, 7) is 7.05. The van der Waals surface area contributed by atoms with Crippen LogP contribution in [0.4, 0.5) is 0 Å². The minimum absolute atomic E-state index is 0.117. The molecule has 0 saturated carbocycles. The van der Waals surface area contributed by atoms with E-state index in [1.54, 1.807) is 41.8 Å². The molecule has 22 heavy (non-hydrogen) atoms. The third-order valence-electron chi connectivity index (χ3n) is 2.01. The summed E-state index contributed by atoms with van der Waals surface area (Å²) in [4.78, 5) is 1.40. The SMILES string of the molecule is CCOP(=O)(OCC)OC(OP(=O)(OCC)OCC)N(C)C. The summed E-state index contributed by atoms with van der Waals surface area (Å²) in [5.74, 6) is 0. The van der Waals surface area contributed by atoms with Crippen LogP contribution in [0.25, 0.3) is 0 Å². The number of phosphoric acid groups is 2. The molecule has 0 radical (unpaired) electrons. The summed E-state index contributed by atoms with van der Waals surface area (Å²) < 4.78 is 55.3. The maximum atomic E-state index is 12.4. The average molecular weight is 363 g/mol. The largest absolute Gasteiger partial charge is 0.478 e. The molecule has 0 aromatic carbocycles. The molecule has 0 saturated heterocycles. The van der Waals surface area contributed by atoms with Crippen LogP contribution in [0, 0.1) is 0 Å². The first-order valence-corrected chi connectivity index (χ1v) is 9.99. The van der Waals surface area contributed by atoms with Gasteiger partial charge in [-0.05, 0) is 41.8 Å². The minimum Gasteiger partial charge on any atom is -0.287 e. The van der Waals surface area contributed by atoms with Crippen molar-refractivity contribution in [2.45, 2.75) is 34.1 Å². The second-order valence-electron chi connectivity index (χ2n) is 4.05. The molecule has 0 amide bonds. The molecule has 0 spiro atoms. The van der Waals surface area contributed by atoms with Crippen LogP contribution in [0.1, 0.15) is 27.7 Å². The molecule has 0 aliphatic heterocycles. The molecule has 0 atom stereocenters. The van der Waals surface area contributed by atoms with Crippen molar-refractivity contribution < 1.29 is 36.3 Å². The van der Waals surface area contributed by atoms with E-state index in [0.717, 1.165) is 0 Å². The smallest absolute Gasteiger partial charge is 0.287 e. The Bertz CT molecular complexity index is 340. The fourth-order valence-corrected chi connectivity index (χ4v) is 3.89. The van der Waals surface area contributed by atoms with Crippen molar-refractivity contribution in [2.24, 2.45) is 0 Å². The fourth-order valence-electron chi connectivity index (χ4n) is 1.26. The van der Waals surface area contributed by atoms with Crippen LogP contribution < -0.4 is 0 Å². The molecule has 0 bridgehead atoms. The summed E-state index contributed by atoms with van der Waals surface area (Å²) >= 11 is 0. The van der Waals surface area contributed by atoms with Gasteiger partial charge in [-0.25, -0.2) is 18.2 Å². The standard InChI is InChI=1S/C11H27NO8P2/c1-7-15-21(13,16-8-2)19-11(12(5)6)20-22(14,17-9-3)18-10-4/h11H,7-10H2,1-6H3. The van der Waals surface area contributed by atoms with Crippen LogP contribution in [0.3, 0.4) is 0 Å². The second-order valence-corrected chi connectivity index (χ2v) is 7.29. The van der Waals surface area contributed by atoms with E-state index in [4.69, 9.17) is 27.1 Å². The third-order valence-corrected chi connectivity index (χ3v) is 5.18. The molecule has 0 aliphatic rings. The first kappa shape index (κ1) is 22.2. The van der Waals surface area contributed by atoms with Crippen molar-refractivity contribution in [3.8, 4) is 0 Å². The number of phosphoric ester groups is 2. The molecule has 9 nitrogen and oxygen atoms in total. The van der Waals surface area contributed by atoms with Crippen LogP contribution in [0.5, 0.6) is 0 Å². The number of nitrogens with zero attached hydrogens (tertiary/aromatic N) is 1. The van der Waals surface area contributed by atoms with E-state index < -0.39 is 22.1 Å². The van der Waals surface area contributed by atoms with Crippen molar-refractivity contribution in [1.29, 1.82) is 0 Å². The molecule has 0 aromatic rings. The van der Waals surface area contributed by atoms with Gasteiger partial charge in [-0.1, -0.05) is 0 Å². The lowest BCUT2D eigenvalue weighted by Gasteiger charge is -2.29. The Morgan fingerprint density at radius 2 is 1.00 bits per heavy atom. The molecular formula is C11H27NO8P2. The van der Waals surface area contributed by atoms with E-state index in [2.05, 4.69) is 0 Å². The first-order valence-electron chi connectivity index (χ1n) is 7.07. The maximum Gasteiger partial charge on any atom is 0.478 e. The lowest BCUT2D eigenvalue weighted by molar-refractivity contribution is -0.128. The normalized spacial score (nSPS) is 13.3. The molecule has 11 heteroatoms. The zero-order valence-electron chi connectivity index (χ0n) is 14.0. The number of hydrogen-bond acceptors (Lipinski definition) is 9. The predicted molar refractivity (Wildman–Crippen MR) is 81.4 cm³/mol. The van der Waals surface area contributed by atoms with Gasteiger partial charge in [0.2, 0.25) is 6.41 Å². The van der Waals surface area contributed by atoms with Crippen LogP contribution >= 0.6 is 15.6 Å². The van der Waals surface area contributed by atoms with Crippen molar-refractivity contribution in [2.75, 3.05) is 40.5 Å². The quantitative estimate of drug-likeness (QED) is 0.361. The molecule has 0 heterocycles. The zero-order valence-corrected chi connectivity index (χ0v) is 15.8. The highest BCUT2D eigenvalue weighted by atomic mass is 31.2. The second kappa shape index (κ2) is 10.9. The van der Waals surface area contributed by atoms with Crippen molar-refractivity contribution in [1.82, 2.24) is 4.90 Å². The van der Waals surface area contributed by atoms with Gasteiger partial charge in [0.25, 0.3) is 0 Å². The number of rotatable bonds is 13. The van der Waals surface area contributed by atoms with E-state index in [0.29, 0.717) is 0 Å². The Labute approximate surface area is 132 Å². The Balaban J connectivity index is 5.12. The molecule has 0 rings (SSSR count). The van der Waals surface area contributed by atoms with Crippen LogP contribution in [-0.2, 0) is 36.3 Å². The van der Waals surface area contributed by atoms with Crippen LogP contribution in [0.2, 0.25) is 0 Å². The van der Waals surface area contributed by atoms with Gasteiger partial charge < -0.3 is 0 Å². The van der Waals surface area contributed by atoms with E-state index >= 15 is 0 Å². The fraction of sp³-hybridized carbons (Fsp3) is 1.00. The van der Waals surface area contributed by atoms with Gasteiger partial charge in [0.05, 0.1) is 26.4 Å². The van der Waals surface area contributed by atoms with Gasteiger partial charge in [0, 0.05) is 0 Å². The predicted octanol–water partition coefficient (Wildman–Crippen LogP) is 3.23. The van der Waals surface area contributed by atoms with Gasteiger partial charge in [-0.2, -0.15) is 0 Å². The summed E-state index contributed by atoms with van der Waals surface area (Å²) in [7, 11) is -4.55. The summed E-state index contributed by atoms with van der Waals surface area (Å²) in [6.07, 6.45) is -1.30.